The molecule has 7 heteroatoms. The number of hydrogen-bond donors (Lipinski definition) is 2. The second-order valence-corrected chi connectivity index (χ2v) is 7.38. The highest BCUT2D eigenvalue weighted by atomic mass is 127. The van der Waals surface area contributed by atoms with Crippen molar-refractivity contribution in [3.8, 4) is 0 Å². The molecule has 2 aliphatic rings. The van der Waals surface area contributed by atoms with Crippen molar-refractivity contribution in [1.29, 1.82) is 0 Å². The zero-order chi connectivity index (χ0) is 17.4. The maximum absolute atomic E-state index is 11.2. The second kappa shape index (κ2) is 11.9. The monoisotopic (exact) mass is 465 g/mol. The molecule has 6 nitrogen and oxygen atoms in total. The lowest BCUT2D eigenvalue weighted by molar-refractivity contribution is -0.119. The fourth-order valence-corrected chi connectivity index (χ4v) is 3.72. The van der Waals surface area contributed by atoms with Crippen LogP contribution in [0.3, 0.4) is 0 Å². The molecular formula is C18H36IN5O. The smallest absolute Gasteiger partial charge is 0.217 e. The topological polar surface area (TPSA) is 74.0 Å². The molecule has 146 valence electrons. The summed E-state index contributed by atoms with van der Waals surface area (Å²) in [4.78, 5) is 20.9. The first-order chi connectivity index (χ1) is 11.6. The van der Waals surface area contributed by atoms with Gasteiger partial charge in [0.1, 0.15) is 0 Å². The molecule has 2 aliphatic heterocycles. The van der Waals surface area contributed by atoms with Crippen LogP contribution in [0.25, 0.3) is 0 Å². The first kappa shape index (κ1) is 22.5. The van der Waals surface area contributed by atoms with E-state index in [1.54, 1.807) is 0 Å². The highest BCUT2D eigenvalue weighted by Crippen LogP contribution is 2.19. The summed E-state index contributed by atoms with van der Waals surface area (Å²) in [7, 11) is 0. The van der Waals surface area contributed by atoms with Crippen molar-refractivity contribution in [3.63, 3.8) is 0 Å². The summed E-state index contributed by atoms with van der Waals surface area (Å²) in [6.07, 6.45) is 5.30. The van der Waals surface area contributed by atoms with Crippen LogP contribution in [-0.2, 0) is 4.79 Å². The Labute approximate surface area is 170 Å². The number of rotatable bonds is 6. The van der Waals surface area contributed by atoms with E-state index in [0.29, 0.717) is 12.3 Å². The van der Waals surface area contributed by atoms with E-state index in [1.807, 2.05) is 0 Å². The number of aliphatic imine (C=N–C) groups is 1. The van der Waals surface area contributed by atoms with Crippen LogP contribution < -0.4 is 11.1 Å². The number of carbonyl (C=O) groups is 1. The van der Waals surface area contributed by atoms with Gasteiger partial charge in [-0.1, -0.05) is 6.92 Å². The SMILES string of the molecule is CCNC(=NCCN1CCC(C)CC1)N1CCCC(CC(N)=O)C1.I. The summed E-state index contributed by atoms with van der Waals surface area (Å²) in [5, 5.41) is 3.41. The van der Waals surface area contributed by atoms with Crippen molar-refractivity contribution in [2.45, 2.75) is 46.0 Å². The molecule has 2 heterocycles. The number of amides is 1. The molecule has 0 radical (unpaired) electrons. The van der Waals surface area contributed by atoms with Crippen LogP contribution >= 0.6 is 24.0 Å². The van der Waals surface area contributed by atoms with Crippen LogP contribution in [0.4, 0.5) is 0 Å². The molecule has 1 atom stereocenters. The average molecular weight is 465 g/mol. The van der Waals surface area contributed by atoms with Gasteiger partial charge in [0.2, 0.25) is 5.91 Å². The Morgan fingerprint density at radius 3 is 2.60 bits per heavy atom. The number of likely N-dealkylation sites (tertiary alicyclic amines) is 2. The van der Waals surface area contributed by atoms with Gasteiger partial charge in [0.25, 0.3) is 0 Å². The van der Waals surface area contributed by atoms with Crippen molar-refractivity contribution in [3.05, 3.63) is 0 Å². The number of nitrogens with one attached hydrogen (secondary N) is 1. The van der Waals surface area contributed by atoms with E-state index in [0.717, 1.165) is 57.4 Å². The van der Waals surface area contributed by atoms with Gasteiger partial charge in [-0.25, -0.2) is 0 Å². The summed E-state index contributed by atoms with van der Waals surface area (Å²) >= 11 is 0. The Bertz CT molecular complexity index is 424. The summed E-state index contributed by atoms with van der Waals surface area (Å²) < 4.78 is 0. The summed E-state index contributed by atoms with van der Waals surface area (Å²) in [5.41, 5.74) is 5.37. The summed E-state index contributed by atoms with van der Waals surface area (Å²) in [5.74, 6) is 2.04. The minimum absolute atomic E-state index is 0. The average Bonchev–Trinajstić information content (AvgIpc) is 2.55. The normalized spacial score (nSPS) is 23.2. The lowest BCUT2D eigenvalue weighted by Gasteiger charge is -2.35. The second-order valence-electron chi connectivity index (χ2n) is 7.38. The largest absolute Gasteiger partial charge is 0.370 e. The van der Waals surface area contributed by atoms with Gasteiger partial charge in [0.15, 0.2) is 5.96 Å². The van der Waals surface area contributed by atoms with Gasteiger partial charge in [-0.3, -0.25) is 9.79 Å². The zero-order valence-corrected chi connectivity index (χ0v) is 18.2. The van der Waals surface area contributed by atoms with Gasteiger partial charge < -0.3 is 20.9 Å². The van der Waals surface area contributed by atoms with E-state index in [4.69, 9.17) is 10.7 Å². The number of nitrogens with two attached hydrogens (primary N) is 1. The van der Waals surface area contributed by atoms with Crippen LogP contribution in [-0.4, -0.2) is 67.5 Å². The zero-order valence-electron chi connectivity index (χ0n) is 15.9. The number of piperidine rings is 2. The first-order valence-electron chi connectivity index (χ1n) is 9.62. The maximum atomic E-state index is 11.2. The Balaban J connectivity index is 0.00000312. The van der Waals surface area contributed by atoms with Crippen LogP contribution in [0.5, 0.6) is 0 Å². The number of nitrogens with zero attached hydrogens (tertiary/aromatic N) is 3. The third kappa shape index (κ3) is 8.11. The number of guanidine groups is 1. The van der Waals surface area contributed by atoms with E-state index in [-0.39, 0.29) is 29.9 Å². The van der Waals surface area contributed by atoms with E-state index >= 15 is 0 Å². The third-order valence-electron chi connectivity index (χ3n) is 5.20. The lowest BCUT2D eigenvalue weighted by Crippen LogP contribution is -2.47. The van der Waals surface area contributed by atoms with Gasteiger partial charge in [0, 0.05) is 32.6 Å². The number of hydrogen-bond acceptors (Lipinski definition) is 3. The Morgan fingerprint density at radius 2 is 1.96 bits per heavy atom. The highest BCUT2D eigenvalue weighted by Gasteiger charge is 2.23. The van der Waals surface area contributed by atoms with Crippen LogP contribution in [0.1, 0.15) is 46.0 Å². The number of primary amides is 1. The molecule has 2 saturated heterocycles. The molecule has 1 amide bonds. The molecule has 0 aromatic carbocycles. The maximum Gasteiger partial charge on any atom is 0.217 e. The van der Waals surface area contributed by atoms with Crippen molar-refractivity contribution < 1.29 is 4.79 Å². The predicted octanol–water partition coefficient (Wildman–Crippen LogP) is 1.89. The molecule has 2 rings (SSSR count). The minimum atomic E-state index is -0.192. The molecule has 2 fully saturated rings. The number of carbonyl (C=O) groups excluding carboxylic acids is 1. The van der Waals surface area contributed by atoms with E-state index in [9.17, 15) is 4.79 Å². The standard InChI is InChI=1S/C18H35N5O.HI/c1-3-20-18(21-8-12-22-10-6-15(2)7-11-22)23-9-4-5-16(14-23)13-17(19)24;/h15-16H,3-14H2,1-2H3,(H2,19,24)(H,20,21);1H. The van der Waals surface area contributed by atoms with Gasteiger partial charge in [-0.15, -0.1) is 24.0 Å². The van der Waals surface area contributed by atoms with Crippen LogP contribution in [0.15, 0.2) is 4.99 Å². The lowest BCUT2D eigenvalue weighted by atomic mass is 9.95. The quantitative estimate of drug-likeness (QED) is 0.357. The number of halogens is 1. The van der Waals surface area contributed by atoms with Crippen molar-refractivity contribution in [1.82, 2.24) is 15.1 Å². The Kier molecular flexibility index (Phi) is 10.7. The molecule has 0 aromatic rings. The van der Waals surface area contributed by atoms with Crippen molar-refractivity contribution >= 4 is 35.8 Å². The predicted molar refractivity (Wildman–Crippen MR) is 114 cm³/mol. The van der Waals surface area contributed by atoms with Crippen molar-refractivity contribution in [2.24, 2.45) is 22.6 Å². The van der Waals surface area contributed by atoms with Crippen LogP contribution in [0, 0.1) is 11.8 Å². The molecule has 25 heavy (non-hydrogen) atoms. The molecule has 0 saturated carbocycles. The third-order valence-corrected chi connectivity index (χ3v) is 5.20. The minimum Gasteiger partial charge on any atom is -0.370 e. The van der Waals surface area contributed by atoms with E-state index in [1.165, 1.54) is 25.9 Å². The summed E-state index contributed by atoms with van der Waals surface area (Å²) in [6, 6.07) is 0. The van der Waals surface area contributed by atoms with Crippen molar-refractivity contribution in [2.75, 3.05) is 45.8 Å². The molecule has 0 spiro atoms. The van der Waals surface area contributed by atoms with Gasteiger partial charge in [-0.05, 0) is 57.5 Å². The summed E-state index contributed by atoms with van der Waals surface area (Å²) in [6.45, 7) is 11.5. The molecule has 0 bridgehead atoms. The highest BCUT2D eigenvalue weighted by molar-refractivity contribution is 14.0. The molecule has 1 unspecified atom stereocenters. The van der Waals surface area contributed by atoms with Gasteiger partial charge in [0.05, 0.1) is 6.54 Å². The fourth-order valence-electron chi connectivity index (χ4n) is 3.72. The van der Waals surface area contributed by atoms with Gasteiger partial charge in [-0.2, -0.15) is 0 Å². The molecule has 0 aromatic heterocycles. The first-order valence-corrected chi connectivity index (χ1v) is 9.62. The fraction of sp³-hybridized carbons (Fsp3) is 0.889. The Morgan fingerprint density at radius 1 is 1.24 bits per heavy atom. The molecule has 0 aliphatic carbocycles. The molecular weight excluding hydrogens is 429 g/mol. The van der Waals surface area contributed by atoms with E-state index < -0.39 is 0 Å². The van der Waals surface area contributed by atoms with E-state index in [2.05, 4.69) is 29.0 Å². The van der Waals surface area contributed by atoms with Crippen LogP contribution in [0.2, 0.25) is 0 Å². The molecule has 3 N–H and O–H groups in total. The van der Waals surface area contributed by atoms with Gasteiger partial charge >= 0.3 is 0 Å². The Hall–Kier alpha value is -0.570.